The van der Waals surface area contributed by atoms with Crippen molar-refractivity contribution in [3.63, 3.8) is 0 Å². The number of hydrogen-bond donors (Lipinski definition) is 3. The number of carbonyl (C=O) groups excluding carboxylic acids is 3. The number of nitrogens with two attached hydrogens (primary N) is 1. The second-order valence-corrected chi connectivity index (χ2v) is 9.30. The number of aryl methyl sites for hydroxylation is 1. The molecule has 3 aromatic rings. The molecule has 1 unspecified atom stereocenters. The summed E-state index contributed by atoms with van der Waals surface area (Å²) >= 11 is 0. The van der Waals surface area contributed by atoms with Crippen LogP contribution in [-0.4, -0.2) is 57.8 Å². The van der Waals surface area contributed by atoms with Gasteiger partial charge in [0.1, 0.15) is 6.29 Å². The summed E-state index contributed by atoms with van der Waals surface area (Å²) in [5.41, 5.74) is 4.44. The Balaban J connectivity index is 1.42. The maximum Gasteiger partial charge on any atom is 0.278 e. The first kappa shape index (κ1) is 26.6. The Morgan fingerprint density at radius 2 is 1.87 bits per heavy atom. The topological polar surface area (TPSA) is 143 Å². The molecule has 4 N–H and O–H groups in total. The molecule has 2 aromatic heterocycles. The number of pyridine rings is 2. The van der Waals surface area contributed by atoms with Crippen molar-refractivity contribution < 1.29 is 14.4 Å². The van der Waals surface area contributed by atoms with Gasteiger partial charge in [0.2, 0.25) is 5.91 Å². The van der Waals surface area contributed by atoms with Crippen LogP contribution >= 0.6 is 0 Å². The van der Waals surface area contributed by atoms with Crippen LogP contribution in [0.3, 0.4) is 0 Å². The Labute approximate surface area is 221 Å². The molecule has 1 aliphatic heterocycles. The highest BCUT2D eigenvalue weighted by Crippen LogP contribution is 2.21. The summed E-state index contributed by atoms with van der Waals surface area (Å²) in [6.07, 6.45) is 6.60. The van der Waals surface area contributed by atoms with E-state index in [4.69, 9.17) is 5.84 Å². The number of nitrogens with zero attached hydrogens (tertiary/aromatic N) is 4. The van der Waals surface area contributed by atoms with Gasteiger partial charge in [0.25, 0.3) is 5.91 Å². The normalized spacial score (nSPS) is 15.7. The van der Waals surface area contributed by atoms with E-state index in [0.717, 1.165) is 42.4 Å². The molecule has 1 aliphatic rings. The number of carbonyl (C=O) groups is 3. The average molecular weight is 514 g/mol. The Morgan fingerprint density at radius 3 is 2.50 bits per heavy atom. The molecule has 196 valence electrons. The molecular weight excluding hydrogens is 482 g/mol. The van der Waals surface area contributed by atoms with Crippen LogP contribution in [0.1, 0.15) is 36.7 Å². The first-order valence-electron chi connectivity index (χ1n) is 12.5. The largest absolute Gasteiger partial charge is 0.324 e. The Morgan fingerprint density at radius 1 is 1.11 bits per heavy atom. The van der Waals surface area contributed by atoms with Gasteiger partial charge in [-0.3, -0.25) is 24.5 Å². The van der Waals surface area contributed by atoms with Crippen molar-refractivity contribution >= 4 is 35.2 Å². The average Bonchev–Trinajstić information content (AvgIpc) is 3.31. The number of aromatic nitrogens is 2. The molecule has 10 heteroatoms. The molecule has 3 heterocycles. The van der Waals surface area contributed by atoms with Crippen molar-refractivity contribution in [2.24, 2.45) is 10.9 Å². The van der Waals surface area contributed by atoms with Crippen LogP contribution in [0.15, 0.2) is 60.0 Å². The first-order chi connectivity index (χ1) is 18.4. The van der Waals surface area contributed by atoms with Crippen molar-refractivity contribution in [2.45, 2.75) is 39.2 Å². The smallest absolute Gasteiger partial charge is 0.278 e. The molecule has 1 fully saturated rings. The van der Waals surface area contributed by atoms with E-state index in [-0.39, 0.29) is 11.6 Å². The number of amides is 2. The number of rotatable bonds is 9. The van der Waals surface area contributed by atoms with Gasteiger partial charge in [-0.15, -0.1) is 0 Å². The van der Waals surface area contributed by atoms with Crippen molar-refractivity contribution in [1.82, 2.24) is 14.9 Å². The molecule has 0 saturated carbocycles. The Kier molecular flexibility index (Phi) is 8.55. The van der Waals surface area contributed by atoms with Gasteiger partial charge in [0.15, 0.2) is 5.71 Å². The minimum Gasteiger partial charge on any atom is -0.324 e. The zero-order valence-corrected chi connectivity index (χ0v) is 21.5. The standard InChI is InChI=1S/C28H31N7O3/c1-18-4-3-12-35(18)17-26(37)32-23-14-25(19(2)30-16-23)33-28(38)27(34-29)24-10-9-22(15-31-24)21-7-5-20(6-8-21)11-13-36/h5-10,13-16,18H,3-4,11-12,17,29H2,1-2H3,(H,32,37)(H,33,38)/b34-27+. The van der Waals surface area contributed by atoms with Gasteiger partial charge in [-0.1, -0.05) is 30.3 Å². The lowest BCUT2D eigenvalue weighted by Gasteiger charge is -2.20. The van der Waals surface area contributed by atoms with Crippen LogP contribution in [0.25, 0.3) is 11.1 Å². The van der Waals surface area contributed by atoms with Crippen LogP contribution in [0.5, 0.6) is 0 Å². The summed E-state index contributed by atoms with van der Waals surface area (Å²) < 4.78 is 0. The van der Waals surface area contributed by atoms with E-state index in [9.17, 15) is 14.4 Å². The summed E-state index contributed by atoms with van der Waals surface area (Å²) in [6, 6.07) is 13.1. The van der Waals surface area contributed by atoms with E-state index in [0.29, 0.717) is 41.8 Å². The van der Waals surface area contributed by atoms with Crippen molar-refractivity contribution in [1.29, 1.82) is 0 Å². The predicted octanol–water partition coefficient (Wildman–Crippen LogP) is 2.92. The van der Waals surface area contributed by atoms with Gasteiger partial charge in [0.05, 0.1) is 35.5 Å². The number of aldehydes is 1. The number of benzene rings is 1. The number of likely N-dealkylation sites (tertiary alicyclic amines) is 1. The van der Waals surface area contributed by atoms with Crippen LogP contribution in [0.4, 0.5) is 11.4 Å². The molecule has 1 aromatic carbocycles. The molecule has 38 heavy (non-hydrogen) atoms. The van der Waals surface area contributed by atoms with Gasteiger partial charge in [0, 0.05) is 24.2 Å². The van der Waals surface area contributed by atoms with Gasteiger partial charge in [-0.05, 0) is 56.5 Å². The van der Waals surface area contributed by atoms with Crippen LogP contribution in [-0.2, 0) is 20.8 Å². The van der Waals surface area contributed by atoms with Crippen LogP contribution < -0.4 is 16.5 Å². The van der Waals surface area contributed by atoms with Crippen molar-refractivity contribution in [2.75, 3.05) is 23.7 Å². The van der Waals surface area contributed by atoms with Gasteiger partial charge in [-0.25, -0.2) is 0 Å². The maximum absolute atomic E-state index is 13.0. The Bertz CT molecular complexity index is 1340. The summed E-state index contributed by atoms with van der Waals surface area (Å²) in [5, 5.41) is 9.30. The van der Waals surface area contributed by atoms with E-state index in [2.05, 4.69) is 37.5 Å². The van der Waals surface area contributed by atoms with Gasteiger partial charge in [-0.2, -0.15) is 5.10 Å². The fourth-order valence-electron chi connectivity index (χ4n) is 4.40. The molecule has 1 atom stereocenters. The van der Waals surface area contributed by atoms with Crippen LogP contribution in [0.2, 0.25) is 0 Å². The quantitative estimate of drug-likeness (QED) is 0.173. The lowest BCUT2D eigenvalue weighted by Crippen LogP contribution is -2.35. The molecule has 4 rings (SSSR count). The molecule has 1 saturated heterocycles. The SMILES string of the molecule is Cc1ncc(NC(=O)CN2CCCC2C)cc1NC(=O)/C(=N/N)c1ccc(-c2ccc(CC=O)cc2)cn1. The van der Waals surface area contributed by atoms with E-state index < -0.39 is 5.91 Å². The number of hydrazone groups is 1. The highest BCUT2D eigenvalue weighted by Gasteiger charge is 2.23. The zero-order valence-electron chi connectivity index (χ0n) is 21.5. The summed E-state index contributed by atoms with van der Waals surface area (Å²) in [7, 11) is 0. The minimum atomic E-state index is -0.551. The third-order valence-electron chi connectivity index (χ3n) is 6.61. The van der Waals surface area contributed by atoms with E-state index in [1.165, 1.54) is 0 Å². The fraction of sp³-hybridized carbons (Fsp3) is 0.286. The second-order valence-electron chi connectivity index (χ2n) is 9.30. The summed E-state index contributed by atoms with van der Waals surface area (Å²) in [4.78, 5) is 47.1. The summed E-state index contributed by atoms with van der Waals surface area (Å²) in [6.45, 7) is 5.09. The number of anilines is 2. The second kappa shape index (κ2) is 12.2. The predicted molar refractivity (Wildman–Crippen MR) is 147 cm³/mol. The Hall–Kier alpha value is -4.44. The molecule has 2 amide bonds. The lowest BCUT2D eigenvalue weighted by molar-refractivity contribution is -0.117. The van der Waals surface area contributed by atoms with E-state index >= 15 is 0 Å². The zero-order chi connectivity index (χ0) is 27.1. The highest BCUT2D eigenvalue weighted by molar-refractivity contribution is 6.48. The third-order valence-corrected chi connectivity index (χ3v) is 6.61. The van der Waals surface area contributed by atoms with Crippen molar-refractivity contribution in [3.8, 4) is 11.1 Å². The van der Waals surface area contributed by atoms with E-state index in [1.54, 1.807) is 31.5 Å². The molecule has 10 nitrogen and oxygen atoms in total. The molecule has 0 bridgehead atoms. The minimum absolute atomic E-state index is 0.0465. The molecule has 0 radical (unpaired) electrons. The number of nitrogens with one attached hydrogen (secondary N) is 2. The maximum atomic E-state index is 13.0. The molecular formula is C28H31N7O3. The first-order valence-corrected chi connectivity index (χ1v) is 12.5. The monoisotopic (exact) mass is 513 g/mol. The fourth-order valence-corrected chi connectivity index (χ4v) is 4.40. The molecule has 0 aliphatic carbocycles. The lowest BCUT2D eigenvalue weighted by atomic mass is 10.0. The molecule has 0 spiro atoms. The highest BCUT2D eigenvalue weighted by atomic mass is 16.2. The van der Waals surface area contributed by atoms with Gasteiger partial charge < -0.3 is 21.3 Å². The third kappa shape index (κ3) is 6.46. The van der Waals surface area contributed by atoms with Gasteiger partial charge >= 0.3 is 0 Å². The van der Waals surface area contributed by atoms with E-state index in [1.807, 2.05) is 30.3 Å². The number of hydrogen-bond acceptors (Lipinski definition) is 8. The van der Waals surface area contributed by atoms with Crippen molar-refractivity contribution in [3.05, 3.63) is 71.8 Å². The summed E-state index contributed by atoms with van der Waals surface area (Å²) in [5.74, 6) is 4.88. The van der Waals surface area contributed by atoms with Crippen LogP contribution in [0, 0.1) is 6.92 Å².